The lowest BCUT2D eigenvalue weighted by Gasteiger charge is -2.15. The number of hydrogen-bond acceptors (Lipinski definition) is 5. The molecule has 1 saturated heterocycles. The van der Waals surface area contributed by atoms with Crippen molar-refractivity contribution in [2.75, 3.05) is 32.2 Å². The Balaban J connectivity index is 1.65. The summed E-state index contributed by atoms with van der Waals surface area (Å²) in [4.78, 5) is 26.9. The number of ketones is 1. The highest BCUT2D eigenvalue weighted by Gasteiger charge is 2.22. The lowest BCUT2D eigenvalue weighted by molar-refractivity contribution is 0.0474. The number of rotatable bonds is 7. The van der Waals surface area contributed by atoms with Crippen LogP contribution < -0.4 is 4.90 Å². The standard InChI is InChI=1S/C22H28N2O4/c1-15-11-20(16(2)24(15)13-19-9-6-10-27-19)21(25)14-28-22(26)17-7-5-8-18(12-17)23(3)4/h5,7-8,11-12,19H,6,9-10,13-14H2,1-4H3/t19-/m1/s1. The van der Waals surface area contributed by atoms with Gasteiger partial charge >= 0.3 is 5.97 Å². The molecule has 0 spiro atoms. The summed E-state index contributed by atoms with van der Waals surface area (Å²) in [6, 6.07) is 9.01. The summed E-state index contributed by atoms with van der Waals surface area (Å²) in [6.07, 6.45) is 2.33. The SMILES string of the molecule is Cc1cc(C(=O)COC(=O)c2cccc(N(C)C)c2)c(C)n1C[C@H]1CCCO1. The highest BCUT2D eigenvalue weighted by molar-refractivity contribution is 6.00. The van der Waals surface area contributed by atoms with Crippen LogP contribution in [-0.4, -0.2) is 49.7 Å². The molecule has 150 valence electrons. The smallest absolute Gasteiger partial charge is 0.338 e. The topological polar surface area (TPSA) is 60.8 Å². The molecule has 0 amide bonds. The Morgan fingerprint density at radius 1 is 1.25 bits per heavy atom. The first-order chi connectivity index (χ1) is 13.4. The lowest BCUT2D eigenvalue weighted by atomic mass is 10.1. The number of esters is 1. The van der Waals surface area contributed by atoms with Gasteiger partial charge in [0.25, 0.3) is 0 Å². The third kappa shape index (κ3) is 4.44. The van der Waals surface area contributed by atoms with Crippen LogP contribution in [0.5, 0.6) is 0 Å². The maximum atomic E-state index is 12.6. The summed E-state index contributed by atoms with van der Waals surface area (Å²) < 4.78 is 13.1. The van der Waals surface area contributed by atoms with Crippen molar-refractivity contribution in [1.82, 2.24) is 4.57 Å². The molecule has 0 radical (unpaired) electrons. The van der Waals surface area contributed by atoms with E-state index in [1.807, 2.05) is 45.0 Å². The molecule has 3 rings (SSSR count). The molecule has 2 aromatic rings. The maximum Gasteiger partial charge on any atom is 0.338 e. The zero-order valence-corrected chi connectivity index (χ0v) is 17.0. The van der Waals surface area contributed by atoms with Gasteiger partial charge in [0.2, 0.25) is 5.78 Å². The van der Waals surface area contributed by atoms with Gasteiger partial charge in [0.15, 0.2) is 6.61 Å². The van der Waals surface area contributed by atoms with Crippen molar-refractivity contribution in [3.05, 3.63) is 52.8 Å². The molecule has 6 nitrogen and oxygen atoms in total. The summed E-state index contributed by atoms with van der Waals surface area (Å²) in [7, 11) is 3.81. The van der Waals surface area contributed by atoms with E-state index in [-0.39, 0.29) is 18.5 Å². The van der Waals surface area contributed by atoms with Crippen molar-refractivity contribution in [1.29, 1.82) is 0 Å². The first kappa shape index (κ1) is 20.1. The average Bonchev–Trinajstić information content (AvgIpc) is 3.29. The zero-order chi connectivity index (χ0) is 20.3. The molecule has 1 aliphatic rings. The molecular weight excluding hydrogens is 356 g/mol. The minimum Gasteiger partial charge on any atom is -0.454 e. The fourth-order valence-electron chi connectivity index (χ4n) is 3.56. The highest BCUT2D eigenvalue weighted by atomic mass is 16.5. The van der Waals surface area contributed by atoms with Crippen LogP contribution in [0.1, 0.15) is 44.9 Å². The van der Waals surface area contributed by atoms with E-state index in [0.717, 1.165) is 43.1 Å². The third-order valence-corrected chi connectivity index (χ3v) is 5.22. The molecule has 0 bridgehead atoms. The Bertz CT molecular complexity index is 863. The van der Waals surface area contributed by atoms with Crippen LogP contribution in [0, 0.1) is 13.8 Å². The molecule has 1 aromatic carbocycles. The number of aryl methyl sites for hydroxylation is 1. The Kier molecular flexibility index (Phi) is 6.19. The normalized spacial score (nSPS) is 16.2. The second-order valence-electron chi connectivity index (χ2n) is 7.47. The first-order valence-electron chi connectivity index (χ1n) is 9.63. The van der Waals surface area contributed by atoms with Gasteiger partial charge in [-0.25, -0.2) is 4.79 Å². The molecule has 28 heavy (non-hydrogen) atoms. The molecule has 0 saturated carbocycles. The van der Waals surface area contributed by atoms with E-state index in [4.69, 9.17) is 9.47 Å². The molecule has 1 aromatic heterocycles. The molecule has 1 atom stereocenters. The Hall–Kier alpha value is -2.60. The van der Waals surface area contributed by atoms with E-state index >= 15 is 0 Å². The second kappa shape index (κ2) is 8.61. The van der Waals surface area contributed by atoms with Gasteiger partial charge < -0.3 is 18.9 Å². The molecule has 0 N–H and O–H groups in total. The minimum absolute atomic E-state index is 0.191. The third-order valence-electron chi connectivity index (χ3n) is 5.22. The van der Waals surface area contributed by atoms with Crippen LogP contribution in [0.2, 0.25) is 0 Å². The Morgan fingerprint density at radius 2 is 2.04 bits per heavy atom. The van der Waals surface area contributed by atoms with Crippen LogP contribution in [0.3, 0.4) is 0 Å². The van der Waals surface area contributed by atoms with E-state index in [1.54, 1.807) is 18.2 Å². The van der Waals surface area contributed by atoms with Crippen molar-refractivity contribution < 1.29 is 19.1 Å². The van der Waals surface area contributed by atoms with Crippen LogP contribution >= 0.6 is 0 Å². The Morgan fingerprint density at radius 3 is 2.71 bits per heavy atom. The van der Waals surface area contributed by atoms with Crippen LogP contribution in [0.15, 0.2) is 30.3 Å². The summed E-state index contributed by atoms with van der Waals surface area (Å²) >= 11 is 0. The van der Waals surface area contributed by atoms with Gasteiger partial charge in [-0.2, -0.15) is 0 Å². The summed E-state index contributed by atoms with van der Waals surface area (Å²) in [5.41, 5.74) is 3.84. The van der Waals surface area contributed by atoms with Crippen LogP contribution in [0.4, 0.5) is 5.69 Å². The van der Waals surface area contributed by atoms with Crippen molar-refractivity contribution in [3.8, 4) is 0 Å². The van der Waals surface area contributed by atoms with Crippen molar-refractivity contribution in [2.45, 2.75) is 39.3 Å². The van der Waals surface area contributed by atoms with Gasteiger partial charge in [0, 0.05) is 49.9 Å². The van der Waals surface area contributed by atoms with Gasteiger partial charge in [0.05, 0.1) is 11.7 Å². The number of aromatic nitrogens is 1. The largest absolute Gasteiger partial charge is 0.454 e. The number of Topliss-reactive ketones (excluding diaryl/α,β-unsaturated/α-hetero) is 1. The van der Waals surface area contributed by atoms with Gasteiger partial charge in [0.1, 0.15) is 0 Å². The fourth-order valence-corrected chi connectivity index (χ4v) is 3.56. The van der Waals surface area contributed by atoms with Gasteiger partial charge in [-0.3, -0.25) is 4.79 Å². The maximum absolute atomic E-state index is 12.6. The zero-order valence-electron chi connectivity index (χ0n) is 17.0. The van der Waals surface area contributed by atoms with E-state index in [9.17, 15) is 9.59 Å². The quantitative estimate of drug-likeness (QED) is 0.541. The predicted molar refractivity (Wildman–Crippen MR) is 108 cm³/mol. The molecule has 1 fully saturated rings. The van der Waals surface area contributed by atoms with Crippen molar-refractivity contribution in [2.24, 2.45) is 0 Å². The summed E-state index contributed by atoms with van der Waals surface area (Å²) in [6.45, 7) is 5.20. The van der Waals surface area contributed by atoms with E-state index in [1.165, 1.54) is 0 Å². The van der Waals surface area contributed by atoms with Crippen molar-refractivity contribution >= 4 is 17.4 Å². The van der Waals surface area contributed by atoms with Gasteiger partial charge in [-0.15, -0.1) is 0 Å². The lowest BCUT2D eigenvalue weighted by Crippen LogP contribution is -2.18. The molecule has 0 unspecified atom stereocenters. The number of ether oxygens (including phenoxy) is 2. The molecular formula is C22H28N2O4. The Labute approximate surface area is 166 Å². The van der Waals surface area contributed by atoms with E-state index in [2.05, 4.69) is 4.57 Å². The number of anilines is 1. The van der Waals surface area contributed by atoms with Gasteiger partial charge in [-0.1, -0.05) is 6.07 Å². The van der Waals surface area contributed by atoms with E-state index < -0.39 is 5.97 Å². The summed E-state index contributed by atoms with van der Waals surface area (Å²) in [5.74, 6) is -0.686. The molecule has 6 heteroatoms. The number of benzene rings is 1. The van der Waals surface area contributed by atoms with Crippen molar-refractivity contribution in [3.63, 3.8) is 0 Å². The summed E-state index contributed by atoms with van der Waals surface area (Å²) in [5, 5.41) is 0. The predicted octanol–water partition coefficient (Wildman–Crippen LogP) is 3.39. The van der Waals surface area contributed by atoms with Gasteiger partial charge in [-0.05, 0) is 51.0 Å². The first-order valence-corrected chi connectivity index (χ1v) is 9.63. The fraction of sp³-hybridized carbons (Fsp3) is 0.455. The highest BCUT2D eigenvalue weighted by Crippen LogP contribution is 2.21. The number of carbonyl (C=O) groups excluding carboxylic acids is 2. The van der Waals surface area contributed by atoms with E-state index in [0.29, 0.717) is 11.1 Å². The number of carbonyl (C=O) groups is 2. The minimum atomic E-state index is -0.495. The number of hydrogen-bond donors (Lipinski definition) is 0. The monoisotopic (exact) mass is 384 g/mol. The molecule has 2 heterocycles. The average molecular weight is 384 g/mol. The van der Waals surface area contributed by atoms with Crippen LogP contribution in [0.25, 0.3) is 0 Å². The second-order valence-corrected chi connectivity index (χ2v) is 7.47. The number of nitrogens with zero attached hydrogens (tertiary/aromatic N) is 2. The molecule has 0 aliphatic carbocycles. The van der Waals surface area contributed by atoms with Crippen LogP contribution in [-0.2, 0) is 16.0 Å². The molecule has 1 aliphatic heterocycles.